The molecule has 0 spiro atoms. The first-order valence-electron chi connectivity index (χ1n) is 8.31. The third-order valence-corrected chi connectivity index (χ3v) is 4.65. The van der Waals surface area contributed by atoms with Gasteiger partial charge in [0.1, 0.15) is 5.75 Å². The molecule has 0 aromatic heterocycles. The van der Waals surface area contributed by atoms with E-state index in [0.717, 1.165) is 44.6 Å². The molecule has 2 rings (SSSR count). The van der Waals surface area contributed by atoms with Crippen molar-refractivity contribution in [3.63, 3.8) is 0 Å². The van der Waals surface area contributed by atoms with Crippen LogP contribution in [0.15, 0.2) is 18.2 Å². The summed E-state index contributed by atoms with van der Waals surface area (Å²) in [6, 6.07) is 4.77. The molecule has 136 valence electrons. The van der Waals surface area contributed by atoms with E-state index in [1.165, 1.54) is 6.07 Å². The Labute approximate surface area is 146 Å². The molecule has 0 aliphatic carbocycles. The monoisotopic (exact) mass is 364 g/mol. The van der Waals surface area contributed by atoms with Gasteiger partial charge in [-0.1, -0.05) is 37.9 Å². The summed E-state index contributed by atoms with van der Waals surface area (Å²) < 4.78 is 41.2. The number of rotatable bonds is 6. The highest BCUT2D eigenvalue weighted by atomic mass is 35.5. The summed E-state index contributed by atoms with van der Waals surface area (Å²) in [4.78, 5) is 2.38. The molecule has 0 bridgehead atoms. The maximum atomic E-state index is 12.4. The Balaban J connectivity index is 2.26. The van der Waals surface area contributed by atoms with E-state index in [0.29, 0.717) is 5.92 Å². The van der Waals surface area contributed by atoms with Crippen LogP contribution in [-0.4, -0.2) is 37.4 Å². The van der Waals surface area contributed by atoms with E-state index in [9.17, 15) is 13.2 Å². The molecule has 2 atom stereocenters. The molecule has 1 aromatic carbocycles. The van der Waals surface area contributed by atoms with E-state index in [2.05, 4.69) is 28.8 Å². The quantitative estimate of drug-likeness (QED) is 0.797. The highest BCUT2D eigenvalue weighted by Crippen LogP contribution is 2.37. The van der Waals surface area contributed by atoms with Crippen molar-refractivity contribution in [2.75, 3.05) is 26.2 Å². The lowest BCUT2D eigenvalue weighted by molar-refractivity contribution is -0.274. The van der Waals surface area contributed by atoms with Crippen LogP contribution in [0.25, 0.3) is 0 Å². The van der Waals surface area contributed by atoms with Gasteiger partial charge in [-0.3, -0.25) is 4.90 Å². The van der Waals surface area contributed by atoms with Crippen LogP contribution in [0.5, 0.6) is 5.75 Å². The number of benzene rings is 1. The van der Waals surface area contributed by atoms with Gasteiger partial charge in [-0.15, -0.1) is 13.2 Å². The van der Waals surface area contributed by atoms with Crippen LogP contribution in [0.3, 0.4) is 0 Å². The van der Waals surface area contributed by atoms with Gasteiger partial charge in [0.2, 0.25) is 0 Å². The van der Waals surface area contributed by atoms with Gasteiger partial charge < -0.3 is 10.1 Å². The molecule has 0 amide bonds. The number of nitrogens with zero attached hydrogens (tertiary/aromatic N) is 1. The Morgan fingerprint density at radius 1 is 1.29 bits per heavy atom. The average Bonchev–Trinajstić information content (AvgIpc) is 2.50. The van der Waals surface area contributed by atoms with Crippen molar-refractivity contribution in [2.24, 2.45) is 5.92 Å². The zero-order chi connectivity index (χ0) is 17.7. The summed E-state index contributed by atoms with van der Waals surface area (Å²) in [7, 11) is 0. The topological polar surface area (TPSA) is 24.5 Å². The summed E-state index contributed by atoms with van der Waals surface area (Å²) in [6.07, 6.45) is -2.63. The average molecular weight is 365 g/mol. The van der Waals surface area contributed by atoms with E-state index < -0.39 is 6.36 Å². The Kier molecular flexibility index (Phi) is 6.78. The zero-order valence-electron chi connectivity index (χ0n) is 14.0. The molecule has 1 saturated heterocycles. The second kappa shape index (κ2) is 8.41. The molecule has 0 radical (unpaired) electrons. The fourth-order valence-corrected chi connectivity index (χ4v) is 3.61. The molecule has 0 saturated carbocycles. The molecule has 7 heteroatoms. The van der Waals surface area contributed by atoms with Gasteiger partial charge in [-0.2, -0.15) is 0 Å². The summed E-state index contributed by atoms with van der Waals surface area (Å²) in [5.74, 6) is 0.0358. The second-order valence-corrected chi connectivity index (χ2v) is 6.64. The number of halogens is 4. The molecule has 1 heterocycles. The lowest BCUT2D eigenvalue weighted by atomic mass is 9.89. The minimum Gasteiger partial charge on any atom is -0.404 e. The van der Waals surface area contributed by atoms with E-state index in [-0.39, 0.29) is 16.8 Å². The largest absolute Gasteiger partial charge is 0.573 e. The van der Waals surface area contributed by atoms with Crippen LogP contribution >= 0.6 is 11.6 Å². The van der Waals surface area contributed by atoms with Gasteiger partial charge in [0.15, 0.2) is 0 Å². The first-order valence-corrected chi connectivity index (χ1v) is 8.69. The maximum Gasteiger partial charge on any atom is 0.573 e. The molecule has 1 aliphatic rings. The third kappa shape index (κ3) is 5.26. The van der Waals surface area contributed by atoms with E-state index in [1.807, 2.05) is 0 Å². The lowest BCUT2D eigenvalue weighted by Crippen LogP contribution is -2.46. The van der Waals surface area contributed by atoms with Gasteiger partial charge in [-0.25, -0.2) is 0 Å². The predicted octanol–water partition coefficient (Wildman–Crippen LogP) is 4.62. The Bertz CT molecular complexity index is 533. The number of hydrogen-bond donors (Lipinski definition) is 1. The third-order valence-electron chi connectivity index (χ3n) is 4.35. The Hall–Kier alpha value is -0.980. The number of hydrogen-bond acceptors (Lipinski definition) is 3. The van der Waals surface area contributed by atoms with Crippen LogP contribution in [0.4, 0.5) is 13.2 Å². The molecule has 1 unspecified atom stereocenters. The fourth-order valence-electron chi connectivity index (χ4n) is 3.38. The zero-order valence-corrected chi connectivity index (χ0v) is 14.8. The smallest absolute Gasteiger partial charge is 0.404 e. The minimum absolute atomic E-state index is 0.00587. The molecule has 3 nitrogen and oxygen atoms in total. The molecule has 1 N–H and O–H groups in total. The standard InChI is InChI=1S/C17H24ClF3N2O/c1-3-4-12(2)16(23-9-7-22-8-10-23)13-5-6-15(14(18)11-13)24-17(19,20)21/h5-6,11-12,16,22H,3-4,7-10H2,1-2H3/t12?,16-/m0/s1. The molecule has 1 aliphatic heterocycles. The SMILES string of the molecule is CCCC(C)[C@@H](c1ccc(OC(F)(F)F)c(Cl)c1)N1CCNCC1. The van der Waals surface area contributed by atoms with E-state index >= 15 is 0 Å². The van der Waals surface area contributed by atoms with Crippen LogP contribution < -0.4 is 10.1 Å². The molecular weight excluding hydrogens is 341 g/mol. The second-order valence-electron chi connectivity index (χ2n) is 6.23. The number of piperazine rings is 1. The fraction of sp³-hybridized carbons (Fsp3) is 0.647. The molecule has 1 fully saturated rings. The Morgan fingerprint density at radius 2 is 1.96 bits per heavy atom. The van der Waals surface area contributed by atoms with Gasteiger partial charge in [-0.05, 0) is 30.0 Å². The number of nitrogens with one attached hydrogen (secondary N) is 1. The number of ether oxygens (including phenoxy) is 1. The Morgan fingerprint density at radius 3 is 2.50 bits per heavy atom. The van der Waals surface area contributed by atoms with Crippen LogP contribution in [0, 0.1) is 5.92 Å². The van der Waals surface area contributed by atoms with Crippen molar-refractivity contribution in [1.29, 1.82) is 0 Å². The van der Waals surface area contributed by atoms with Crippen molar-refractivity contribution in [2.45, 2.75) is 39.1 Å². The summed E-state index contributed by atoms with van der Waals surface area (Å²) in [5, 5.41) is 3.32. The van der Waals surface area contributed by atoms with Crippen LogP contribution in [0.1, 0.15) is 38.3 Å². The van der Waals surface area contributed by atoms with Gasteiger partial charge in [0.25, 0.3) is 0 Å². The van der Waals surface area contributed by atoms with Crippen molar-refractivity contribution in [3.8, 4) is 5.75 Å². The van der Waals surface area contributed by atoms with Crippen molar-refractivity contribution in [1.82, 2.24) is 10.2 Å². The van der Waals surface area contributed by atoms with Crippen LogP contribution in [-0.2, 0) is 0 Å². The predicted molar refractivity (Wildman–Crippen MR) is 89.4 cm³/mol. The van der Waals surface area contributed by atoms with E-state index in [4.69, 9.17) is 11.6 Å². The highest BCUT2D eigenvalue weighted by molar-refractivity contribution is 6.32. The maximum absolute atomic E-state index is 12.4. The van der Waals surface area contributed by atoms with Gasteiger partial charge >= 0.3 is 6.36 Å². The summed E-state index contributed by atoms with van der Waals surface area (Å²) in [5.41, 5.74) is 0.942. The van der Waals surface area contributed by atoms with Crippen LogP contribution in [0.2, 0.25) is 5.02 Å². The summed E-state index contributed by atoms with van der Waals surface area (Å²) in [6.45, 7) is 7.98. The highest BCUT2D eigenvalue weighted by Gasteiger charge is 2.33. The molecule has 1 aromatic rings. The van der Waals surface area contributed by atoms with Crippen molar-refractivity contribution >= 4 is 11.6 Å². The lowest BCUT2D eigenvalue weighted by Gasteiger charge is -2.39. The van der Waals surface area contributed by atoms with Gasteiger partial charge in [0, 0.05) is 32.2 Å². The normalized spacial score (nSPS) is 19.1. The van der Waals surface area contributed by atoms with Gasteiger partial charge in [0.05, 0.1) is 5.02 Å². The van der Waals surface area contributed by atoms with E-state index in [1.54, 1.807) is 12.1 Å². The summed E-state index contributed by atoms with van der Waals surface area (Å²) >= 11 is 6.04. The number of alkyl halides is 3. The van der Waals surface area contributed by atoms with Crippen molar-refractivity contribution < 1.29 is 17.9 Å². The van der Waals surface area contributed by atoms with Crippen molar-refractivity contribution in [3.05, 3.63) is 28.8 Å². The molecular formula is C17H24ClF3N2O. The molecule has 24 heavy (non-hydrogen) atoms. The first kappa shape index (κ1) is 19.3. The first-order chi connectivity index (χ1) is 11.3. The minimum atomic E-state index is -4.74.